The number of thioether (sulfide) groups is 1. The van der Waals surface area contributed by atoms with Crippen LogP contribution < -0.4 is 5.73 Å². The molecule has 1 nitrogen and oxygen atoms in total. The minimum absolute atomic E-state index is 0.623. The maximum absolute atomic E-state index is 5.69. The zero-order valence-corrected chi connectivity index (χ0v) is 11.8. The summed E-state index contributed by atoms with van der Waals surface area (Å²) in [7, 11) is 0. The van der Waals surface area contributed by atoms with Crippen LogP contribution in [-0.4, -0.2) is 5.25 Å². The summed E-state index contributed by atoms with van der Waals surface area (Å²) in [5.74, 6) is 0. The molecule has 0 bridgehead atoms. The molecule has 1 aliphatic rings. The summed E-state index contributed by atoms with van der Waals surface area (Å²) >= 11 is 5.57. The zero-order chi connectivity index (χ0) is 11.4. The molecule has 0 amide bonds. The molecule has 16 heavy (non-hydrogen) atoms. The first-order valence-corrected chi connectivity index (χ1v) is 7.61. The average molecular weight is 300 g/mol. The molecule has 2 N–H and O–H groups in total. The van der Waals surface area contributed by atoms with E-state index in [-0.39, 0.29) is 0 Å². The topological polar surface area (TPSA) is 26.0 Å². The number of benzene rings is 1. The minimum atomic E-state index is 0.623. The summed E-state index contributed by atoms with van der Waals surface area (Å²) < 4.78 is 1.15. The second kappa shape index (κ2) is 6.08. The van der Waals surface area contributed by atoms with Gasteiger partial charge in [0.15, 0.2) is 0 Å². The van der Waals surface area contributed by atoms with Crippen LogP contribution in [0.4, 0.5) is 0 Å². The molecule has 0 radical (unpaired) electrons. The third-order valence-corrected chi connectivity index (χ3v) is 4.79. The van der Waals surface area contributed by atoms with Crippen LogP contribution in [0.1, 0.15) is 37.7 Å². The van der Waals surface area contributed by atoms with Crippen molar-refractivity contribution in [1.82, 2.24) is 0 Å². The lowest BCUT2D eigenvalue weighted by molar-refractivity contribution is 0.516. The summed E-state index contributed by atoms with van der Waals surface area (Å²) in [5, 5.41) is 0.814. The van der Waals surface area contributed by atoms with Crippen molar-refractivity contribution in [2.24, 2.45) is 5.73 Å². The van der Waals surface area contributed by atoms with Crippen molar-refractivity contribution in [3.8, 4) is 0 Å². The van der Waals surface area contributed by atoms with Crippen LogP contribution in [0, 0.1) is 0 Å². The predicted molar refractivity (Wildman–Crippen MR) is 74.8 cm³/mol. The first kappa shape index (κ1) is 12.5. The third kappa shape index (κ3) is 3.51. The molecule has 1 aliphatic carbocycles. The van der Waals surface area contributed by atoms with Crippen molar-refractivity contribution < 1.29 is 0 Å². The largest absolute Gasteiger partial charge is 0.326 e. The van der Waals surface area contributed by atoms with E-state index in [0.29, 0.717) is 6.54 Å². The van der Waals surface area contributed by atoms with Crippen LogP contribution in [0.5, 0.6) is 0 Å². The molecule has 0 aliphatic heterocycles. The molecule has 1 aromatic rings. The van der Waals surface area contributed by atoms with Crippen molar-refractivity contribution in [3.05, 3.63) is 28.2 Å². The molecule has 1 fully saturated rings. The highest BCUT2D eigenvalue weighted by molar-refractivity contribution is 9.10. The van der Waals surface area contributed by atoms with E-state index in [4.69, 9.17) is 5.73 Å². The Bertz CT molecular complexity index is 348. The second-order valence-corrected chi connectivity index (χ2v) is 6.67. The summed E-state index contributed by atoms with van der Waals surface area (Å²) in [6, 6.07) is 6.54. The number of nitrogens with two attached hydrogens (primary N) is 1. The van der Waals surface area contributed by atoms with Crippen LogP contribution >= 0.6 is 27.7 Å². The van der Waals surface area contributed by atoms with Gasteiger partial charge in [0.25, 0.3) is 0 Å². The zero-order valence-electron chi connectivity index (χ0n) is 9.42. The Balaban J connectivity index is 2.04. The Morgan fingerprint density at radius 1 is 1.19 bits per heavy atom. The molecule has 88 valence electrons. The normalized spacial score (nSPS) is 17.6. The fourth-order valence-corrected chi connectivity index (χ4v) is 4.24. The molecule has 3 heteroatoms. The smallest absolute Gasteiger partial charge is 0.0189 e. The number of halogens is 1. The summed E-state index contributed by atoms with van der Waals surface area (Å²) in [6.07, 6.45) is 6.96. The second-order valence-electron chi connectivity index (χ2n) is 4.38. The molecule has 0 saturated heterocycles. The van der Waals surface area contributed by atoms with Crippen LogP contribution in [0.15, 0.2) is 27.6 Å². The molecule has 1 saturated carbocycles. The van der Waals surface area contributed by atoms with Crippen LogP contribution in [0.3, 0.4) is 0 Å². The van der Waals surface area contributed by atoms with Gasteiger partial charge in [0.1, 0.15) is 0 Å². The van der Waals surface area contributed by atoms with Crippen molar-refractivity contribution in [2.45, 2.75) is 48.8 Å². The SMILES string of the molecule is NCc1cc(Br)cc(SC2CCCCC2)c1. The van der Waals surface area contributed by atoms with Crippen molar-refractivity contribution >= 4 is 27.7 Å². The average Bonchev–Trinajstić information content (AvgIpc) is 2.29. The lowest BCUT2D eigenvalue weighted by Gasteiger charge is -2.21. The van der Waals surface area contributed by atoms with E-state index in [1.165, 1.54) is 42.6 Å². The first-order chi connectivity index (χ1) is 7.78. The van der Waals surface area contributed by atoms with Gasteiger partial charge in [-0.05, 0) is 36.6 Å². The first-order valence-electron chi connectivity index (χ1n) is 5.94. The monoisotopic (exact) mass is 299 g/mol. The van der Waals surface area contributed by atoms with E-state index in [1.54, 1.807) is 0 Å². The van der Waals surface area contributed by atoms with Gasteiger partial charge in [0.05, 0.1) is 0 Å². The van der Waals surface area contributed by atoms with Crippen molar-refractivity contribution in [3.63, 3.8) is 0 Å². The molecule has 1 aromatic carbocycles. The van der Waals surface area contributed by atoms with E-state index < -0.39 is 0 Å². The van der Waals surface area contributed by atoms with Crippen LogP contribution in [-0.2, 0) is 6.54 Å². The molecule has 0 unspecified atom stereocenters. The molecule has 0 aromatic heterocycles. The van der Waals surface area contributed by atoms with E-state index in [2.05, 4.69) is 34.1 Å². The number of hydrogen-bond donors (Lipinski definition) is 1. The molecular formula is C13H18BrNS. The highest BCUT2D eigenvalue weighted by atomic mass is 79.9. The lowest BCUT2D eigenvalue weighted by Crippen LogP contribution is -2.07. The van der Waals surface area contributed by atoms with Gasteiger partial charge in [-0.25, -0.2) is 0 Å². The number of hydrogen-bond acceptors (Lipinski definition) is 2. The van der Waals surface area contributed by atoms with Gasteiger partial charge in [-0.2, -0.15) is 0 Å². The fraction of sp³-hybridized carbons (Fsp3) is 0.538. The van der Waals surface area contributed by atoms with E-state index >= 15 is 0 Å². The quantitative estimate of drug-likeness (QED) is 0.899. The summed E-state index contributed by atoms with van der Waals surface area (Å²) in [6.45, 7) is 0.623. The molecule has 0 atom stereocenters. The third-order valence-electron chi connectivity index (χ3n) is 3.02. The van der Waals surface area contributed by atoms with Crippen LogP contribution in [0.25, 0.3) is 0 Å². The Hall–Kier alpha value is 0.01000. The molecule has 2 rings (SSSR count). The van der Waals surface area contributed by atoms with Gasteiger partial charge < -0.3 is 5.73 Å². The highest BCUT2D eigenvalue weighted by Gasteiger charge is 2.14. The van der Waals surface area contributed by atoms with Gasteiger partial charge in [0.2, 0.25) is 0 Å². The van der Waals surface area contributed by atoms with Gasteiger partial charge in [-0.15, -0.1) is 11.8 Å². The Labute approximate surface area is 110 Å². The standard InChI is InChI=1S/C13H18BrNS/c14-11-6-10(9-15)7-13(8-11)16-12-4-2-1-3-5-12/h6-8,12H,1-5,9,15H2. The van der Waals surface area contributed by atoms with Gasteiger partial charge in [0, 0.05) is 21.2 Å². The lowest BCUT2D eigenvalue weighted by atomic mass is 10.0. The maximum Gasteiger partial charge on any atom is 0.0189 e. The van der Waals surface area contributed by atoms with Gasteiger partial charge in [-0.1, -0.05) is 35.2 Å². The molecular weight excluding hydrogens is 282 g/mol. The van der Waals surface area contributed by atoms with E-state index in [9.17, 15) is 0 Å². The van der Waals surface area contributed by atoms with E-state index in [1.807, 2.05) is 11.8 Å². The summed E-state index contributed by atoms with van der Waals surface area (Å²) in [5.41, 5.74) is 6.91. The highest BCUT2D eigenvalue weighted by Crippen LogP contribution is 2.35. The fourth-order valence-electron chi connectivity index (χ4n) is 2.18. The maximum atomic E-state index is 5.69. The van der Waals surface area contributed by atoms with Gasteiger partial charge in [-0.3, -0.25) is 0 Å². The summed E-state index contributed by atoms with van der Waals surface area (Å²) in [4.78, 5) is 1.36. The van der Waals surface area contributed by atoms with Crippen molar-refractivity contribution in [1.29, 1.82) is 0 Å². The predicted octanol–water partition coefficient (Wildman–Crippen LogP) is 4.33. The number of rotatable bonds is 3. The Morgan fingerprint density at radius 2 is 1.94 bits per heavy atom. The van der Waals surface area contributed by atoms with Crippen LogP contribution in [0.2, 0.25) is 0 Å². The molecule has 0 heterocycles. The van der Waals surface area contributed by atoms with Gasteiger partial charge >= 0.3 is 0 Å². The van der Waals surface area contributed by atoms with E-state index in [0.717, 1.165) is 9.72 Å². The minimum Gasteiger partial charge on any atom is -0.326 e. The Kier molecular flexibility index (Phi) is 4.74. The van der Waals surface area contributed by atoms with Crippen molar-refractivity contribution in [2.75, 3.05) is 0 Å². The Morgan fingerprint density at radius 3 is 2.62 bits per heavy atom. The molecule has 0 spiro atoms.